The topological polar surface area (TPSA) is 17.1 Å². The lowest BCUT2D eigenvalue weighted by atomic mass is 9.89. The van der Waals surface area contributed by atoms with E-state index in [-0.39, 0.29) is 22.5 Å². The van der Waals surface area contributed by atoms with Gasteiger partial charge in [-0.1, -0.05) is 38.1 Å². The molecule has 0 radical (unpaired) electrons. The lowest BCUT2D eigenvalue weighted by Crippen LogP contribution is -2.13. The molecule has 0 aliphatic carbocycles. The summed E-state index contributed by atoms with van der Waals surface area (Å²) in [5.74, 6) is -0.238. The second-order valence-corrected chi connectivity index (χ2v) is 4.47. The predicted octanol–water partition coefficient (Wildman–Crippen LogP) is 3.82. The van der Waals surface area contributed by atoms with Gasteiger partial charge in [0.15, 0.2) is 5.12 Å². The lowest BCUT2D eigenvalue weighted by Gasteiger charge is -2.17. The van der Waals surface area contributed by atoms with E-state index >= 15 is 0 Å². The minimum Gasteiger partial charge on any atom is -0.287 e. The van der Waals surface area contributed by atoms with Crippen molar-refractivity contribution in [3.63, 3.8) is 0 Å². The molecule has 0 aromatic heterocycles. The van der Waals surface area contributed by atoms with Gasteiger partial charge in [0, 0.05) is 5.56 Å². The molecule has 0 saturated heterocycles. The molecule has 88 valence electrons. The van der Waals surface area contributed by atoms with Crippen molar-refractivity contribution in [2.24, 2.45) is 5.92 Å². The van der Waals surface area contributed by atoms with Crippen LogP contribution in [0.5, 0.6) is 0 Å². The Bertz CT molecular complexity index is 360. The molecule has 0 fully saturated rings. The Morgan fingerprint density at radius 3 is 1.88 bits per heavy atom. The van der Waals surface area contributed by atoms with Crippen LogP contribution in [-0.4, -0.2) is 5.12 Å². The molecule has 16 heavy (non-hydrogen) atoms. The first-order valence-corrected chi connectivity index (χ1v) is 5.49. The first-order valence-electron chi connectivity index (χ1n) is 5.04. The maximum Gasteiger partial charge on any atom is 0.263 e. The summed E-state index contributed by atoms with van der Waals surface area (Å²) in [5, 5.41) is -0.236. The lowest BCUT2D eigenvalue weighted by molar-refractivity contribution is -0.112. The standard InChI is InChI=1S/C12H14F2OS/c1-7(2)10(12(15)16)8-3-5-9(6-4-8)11(13)14/h3-7,10-11H,1-2H3,(H,15,16). The molecule has 1 unspecified atom stereocenters. The molecule has 0 bridgehead atoms. The fourth-order valence-corrected chi connectivity index (χ4v) is 2.11. The van der Waals surface area contributed by atoms with Crippen molar-refractivity contribution in [2.45, 2.75) is 26.2 Å². The highest BCUT2D eigenvalue weighted by atomic mass is 32.1. The fraction of sp³-hybridized carbons (Fsp3) is 0.417. The van der Waals surface area contributed by atoms with Crippen LogP contribution in [-0.2, 0) is 4.79 Å². The van der Waals surface area contributed by atoms with E-state index in [9.17, 15) is 13.6 Å². The Balaban J connectivity index is 2.99. The number of carbonyl (C=O) groups is 1. The SMILES string of the molecule is CC(C)C(C(=O)S)c1ccc(C(F)F)cc1. The summed E-state index contributed by atoms with van der Waals surface area (Å²) in [4.78, 5) is 11.3. The van der Waals surface area contributed by atoms with Gasteiger partial charge >= 0.3 is 0 Å². The molecule has 1 aromatic carbocycles. The summed E-state index contributed by atoms with van der Waals surface area (Å²) in [6.07, 6.45) is -2.47. The number of thiol groups is 1. The van der Waals surface area contributed by atoms with Crippen molar-refractivity contribution in [2.75, 3.05) is 0 Å². The maximum absolute atomic E-state index is 12.3. The van der Waals surface area contributed by atoms with E-state index in [1.54, 1.807) is 12.1 Å². The molecule has 0 aliphatic heterocycles. The van der Waals surface area contributed by atoms with Gasteiger partial charge in [-0.25, -0.2) is 8.78 Å². The fourth-order valence-electron chi connectivity index (χ4n) is 1.66. The van der Waals surface area contributed by atoms with Gasteiger partial charge in [-0.15, -0.1) is 12.6 Å². The van der Waals surface area contributed by atoms with Crippen LogP contribution in [0.1, 0.15) is 37.3 Å². The number of alkyl halides is 2. The number of hydrogen-bond donors (Lipinski definition) is 1. The van der Waals surface area contributed by atoms with E-state index in [0.717, 1.165) is 5.56 Å². The van der Waals surface area contributed by atoms with E-state index in [0.29, 0.717) is 0 Å². The minimum atomic E-state index is -2.47. The van der Waals surface area contributed by atoms with Crippen molar-refractivity contribution in [1.29, 1.82) is 0 Å². The van der Waals surface area contributed by atoms with Gasteiger partial charge in [0.1, 0.15) is 0 Å². The van der Waals surface area contributed by atoms with Gasteiger partial charge in [-0.05, 0) is 11.5 Å². The van der Waals surface area contributed by atoms with Crippen LogP contribution in [0.15, 0.2) is 24.3 Å². The summed E-state index contributed by atoms with van der Waals surface area (Å²) in [5.41, 5.74) is 0.706. The number of carbonyl (C=O) groups excluding carboxylic acids is 1. The average Bonchev–Trinajstić information content (AvgIpc) is 2.17. The minimum absolute atomic E-state index is 0.0298. The number of benzene rings is 1. The molecule has 0 saturated carbocycles. The zero-order valence-corrected chi connectivity index (χ0v) is 10.0. The van der Waals surface area contributed by atoms with Crippen LogP contribution in [0.25, 0.3) is 0 Å². The van der Waals surface area contributed by atoms with Crippen molar-refractivity contribution in [1.82, 2.24) is 0 Å². The Labute approximate surface area is 99.3 Å². The van der Waals surface area contributed by atoms with E-state index in [2.05, 4.69) is 12.6 Å². The second-order valence-electron chi connectivity index (χ2n) is 4.03. The van der Waals surface area contributed by atoms with Gasteiger partial charge in [0.05, 0.1) is 5.92 Å². The van der Waals surface area contributed by atoms with Crippen LogP contribution in [0.2, 0.25) is 0 Å². The first-order chi connectivity index (χ1) is 7.43. The predicted molar refractivity (Wildman–Crippen MR) is 63.0 cm³/mol. The monoisotopic (exact) mass is 244 g/mol. The number of rotatable bonds is 4. The van der Waals surface area contributed by atoms with Gasteiger partial charge in [-0.2, -0.15) is 0 Å². The second kappa shape index (κ2) is 5.43. The van der Waals surface area contributed by atoms with E-state index in [4.69, 9.17) is 0 Å². The summed E-state index contributed by atoms with van der Waals surface area (Å²) in [6.45, 7) is 3.81. The Morgan fingerprint density at radius 2 is 1.56 bits per heavy atom. The first kappa shape index (κ1) is 13.2. The summed E-state index contributed by atoms with van der Waals surface area (Å²) in [7, 11) is 0. The van der Waals surface area contributed by atoms with E-state index in [1.165, 1.54) is 12.1 Å². The molecule has 1 aromatic rings. The highest BCUT2D eigenvalue weighted by Crippen LogP contribution is 2.28. The highest BCUT2D eigenvalue weighted by molar-refractivity contribution is 7.96. The Hall–Kier alpha value is -0.900. The van der Waals surface area contributed by atoms with Crippen molar-refractivity contribution in [3.05, 3.63) is 35.4 Å². The molecule has 0 amide bonds. The van der Waals surface area contributed by atoms with Gasteiger partial charge in [-0.3, -0.25) is 4.79 Å². The zero-order valence-electron chi connectivity index (χ0n) is 9.15. The van der Waals surface area contributed by atoms with E-state index < -0.39 is 6.43 Å². The molecule has 1 atom stereocenters. The normalized spacial score (nSPS) is 13.2. The summed E-state index contributed by atoms with van der Waals surface area (Å²) < 4.78 is 24.7. The third kappa shape index (κ3) is 3.04. The van der Waals surface area contributed by atoms with Crippen LogP contribution in [0, 0.1) is 5.92 Å². The average molecular weight is 244 g/mol. The molecule has 0 spiro atoms. The summed E-state index contributed by atoms with van der Waals surface area (Å²) >= 11 is 3.82. The summed E-state index contributed by atoms with van der Waals surface area (Å²) in [6, 6.07) is 5.85. The molecule has 0 N–H and O–H groups in total. The van der Waals surface area contributed by atoms with Crippen LogP contribution in [0.4, 0.5) is 8.78 Å². The van der Waals surface area contributed by atoms with Gasteiger partial charge in [0.2, 0.25) is 0 Å². The number of hydrogen-bond acceptors (Lipinski definition) is 1. The molecule has 1 nitrogen and oxygen atoms in total. The van der Waals surface area contributed by atoms with Crippen molar-refractivity contribution < 1.29 is 13.6 Å². The smallest absolute Gasteiger partial charge is 0.263 e. The third-order valence-electron chi connectivity index (χ3n) is 2.48. The van der Waals surface area contributed by atoms with E-state index in [1.807, 2.05) is 13.8 Å². The Morgan fingerprint density at radius 1 is 1.12 bits per heavy atom. The van der Waals surface area contributed by atoms with Crippen molar-refractivity contribution >= 4 is 17.7 Å². The molecule has 0 aliphatic rings. The maximum atomic E-state index is 12.3. The largest absolute Gasteiger partial charge is 0.287 e. The highest BCUT2D eigenvalue weighted by Gasteiger charge is 2.21. The number of halogens is 2. The van der Waals surface area contributed by atoms with Crippen LogP contribution >= 0.6 is 12.6 Å². The third-order valence-corrected chi connectivity index (χ3v) is 2.76. The Kier molecular flexibility index (Phi) is 4.47. The van der Waals surface area contributed by atoms with Gasteiger partial charge in [0.25, 0.3) is 6.43 Å². The van der Waals surface area contributed by atoms with Crippen molar-refractivity contribution in [3.8, 4) is 0 Å². The molecule has 4 heteroatoms. The molecular weight excluding hydrogens is 230 g/mol. The molecular formula is C12H14F2OS. The zero-order chi connectivity index (χ0) is 12.3. The van der Waals surface area contributed by atoms with Gasteiger partial charge < -0.3 is 0 Å². The van der Waals surface area contributed by atoms with Crippen LogP contribution in [0.3, 0.4) is 0 Å². The molecule has 1 rings (SSSR count). The van der Waals surface area contributed by atoms with Crippen LogP contribution < -0.4 is 0 Å². The molecule has 0 heterocycles. The quantitative estimate of drug-likeness (QED) is 0.797.